The lowest BCUT2D eigenvalue weighted by Crippen LogP contribution is -2.39. The highest BCUT2D eigenvalue weighted by Gasteiger charge is 2.52. The number of carbonyl (C=O) groups is 2. The molecule has 0 saturated heterocycles. The first kappa shape index (κ1) is 15.7. The van der Waals surface area contributed by atoms with Crippen molar-refractivity contribution in [3.8, 4) is 11.8 Å². The molecule has 1 heterocycles. The van der Waals surface area contributed by atoms with Crippen molar-refractivity contribution in [3.63, 3.8) is 0 Å². The standard InChI is InChI=1S/C20H18O2S/c1-15(21)20(12-5-8-19(20)22)18(17-11-13-23-14-17)10-9-16-6-3-2-4-7-16/h2-4,6-7,11,13-14,18H,5,8,12H2,1H3. The zero-order chi connectivity index (χ0) is 16.3. The number of ketones is 2. The van der Waals surface area contributed by atoms with Crippen molar-refractivity contribution in [2.75, 3.05) is 0 Å². The lowest BCUT2D eigenvalue weighted by Gasteiger charge is -2.30. The second kappa shape index (κ2) is 6.52. The van der Waals surface area contributed by atoms with Crippen molar-refractivity contribution in [2.24, 2.45) is 5.41 Å². The number of rotatable bonds is 3. The summed E-state index contributed by atoms with van der Waals surface area (Å²) in [4.78, 5) is 25.0. The molecular weight excluding hydrogens is 304 g/mol. The molecule has 1 fully saturated rings. The molecule has 1 aliphatic rings. The first-order valence-electron chi connectivity index (χ1n) is 7.77. The highest BCUT2D eigenvalue weighted by molar-refractivity contribution is 7.08. The zero-order valence-corrected chi connectivity index (χ0v) is 13.9. The highest BCUT2D eigenvalue weighted by atomic mass is 32.1. The van der Waals surface area contributed by atoms with E-state index < -0.39 is 5.41 Å². The largest absolute Gasteiger partial charge is 0.299 e. The molecule has 1 aliphatic carbocycles. The van der Waals surface area contributed by atoms with Crippen molar-refractivity contribution < 1.29 is 9.59 Å². The molecule has 3 heteroatoms. The summed E-state index contributed by atoms with van der Waals surface area (Å²) in [7, 11) is 0. The van der Waals surface area contributed by atoms with E-state index in [9.17, 15) is 9.59 Å². The average molecular weight is 322 g/mol. The van der Waals surface area contributed by atoms with E-state index in [1.165, 1.54) is 6.92 Å². The quantitative estimate of drug-likeness (QED) is 0.626. The number of carbonyl (C=O) groups excluding carboxylic acids is 2. The third-order valence-corrected chi connectivity index (χ3v) is 5.31. The summed E-state index contributed by atoms with van der Waals surface area (Å²) < 4.78 is 0. The molecule has 3 rings (SSSR count). The van der Waals surface area contributed by atoms with E-state index in [0.29, 0.717) is 12.8 Å². The van der Waals surface area contributed by atoms with Crippen LogP contribution in [-0.4, -0.2) is 11.6 Å². The Bertz CT molecular complexity index is 765. The molecule has 1 aromatic carbocycles. The molecule has 116 valence electrons. The molecular formula is C20H18O2S. The van der Waals surface area contributed by atoms with Crippen LogP contribution >= 0.6 is 11.3 Å². The molecule has 1 saturated carbocycles. The second-order valence-electron chi connectivity index (χ2n) is 5.93. The Morgan fingerprint density at radius 2 is 2.04 bits per heavy atom. The van der Waals surface area contributed by atoms with Crippen LogP contribution in [-0.2, 0) is 9.59 Å². The van der Waals surface area contributed by atoms with E-state index in [-0.39, 0.29) is 17.5 Å². The number of hydrogen-bond acceptors (Lipinski definition) is 3. The van der Waals surface area contributed by atoms with Gasteiger partial charge in [-0.2, -0.15) is 11.3 Å². The molecule has 0 bridgehead atoms. The van der Waals surface area contributed by atoms with Crippen molar-refractivity contribution in [2.45, 2.75) is 32.1 Å². The maximum absolute atomic E-state index is 12.6. The second-order valence-corrected chi connectivity index (χ2v) is 6.71. The average Bonchev–Trinajstić information content (AvgIpc) is 3.20. The van der Waals surface area contributed by atoms with E-state index in [2.05, 4.69) is 11.8 Å². The van der Waals surface area contributed by atoms with Gasteiger partial charge in [0.15, 0.2) is 0 Å². The minimum atomic E-state index is -0.969. The number of benzene rings is 1. The van der Waals surface area contributed by atoms with Gasteiger partial charge in [-0.3, -0.25) is 9.59 Å². The Morgan fingerprint density at radius 1 is 1.26 bits per heavy atom. The fourth-order valence-electron chi connectivity index (χ4n) is 3.38. The van der Waals surface area contributed by atoms with E-state index >= 15 is 0 Å². The first-order chi connectivity index (χ1) is 11.1. The lowest BCUT2D eigenvalue weighted by atomic mass is 9.68. The van der Waals surface area contributed by atoms with E-state index in [0.717, 1.165) is 17.5 Å². The molecule has 0 aliphatic heterocycles. The van der Waals surface area contributed by atoms with Crippen LogP contribution in [0.25, 0.3) is 0 Å². The van der Waals surface area contributed by atoms with Gasteiger partial charge in [-0.1, -0.05) is 30.0 Å². The molecule has 2 aromatic rings. The summed E-state index contributed by atoms with van der Waals surface area (Å²) >= 11 is 1.57. The number of thiophene rings is 1. The maximum atomic E-state index is 12.6. The van der Waals surface area contributed by atoms with Gasteiger partial charge in [-0.25, -0.2) is 0 Å². The lowest BCUT2D eigenvalue weighted by molar-refractivity contribution is -0.137. The van der Waals surface area contributed by atoms with Crippen molar-refractivity contribution in [3.05, 3.63) is 58.3 Å². The van der Waals surface area contributed by atoms with Gasteiger partial charge in [0.1, 0.15) is 17.0 Å². The van der Waals surface area contributed by atoms with E-state index in [4.69, 9.17) is 0 Å². The fraction of sp³-hybridized carbons (Fsp3) is 0.300. The Hall–Kier alpha value is -2.18. The number of hydrogen-bond donors (Lipinski definition) is 0. The Kier molecular flexibility index (Phi) is 4.45. The maximum Gasteiger partial charge on any atom is 0.148 e. The van der Waals surface area contributed by atoms with Gasteiger partial charge in [0.2, 0.25) is 0 Å². The zero-order valence-electron chi connectivity index (χ0n) is 13.0. The first-order valence-corrected chi connectivity index (χ1v) is 8.72. The van der Waals surface area contributed by atoms with Gasteiger partial charge >= 0.3 is 0 Å². The predicted octanol–water partition coefficient (Wildman–Crippen LogP) is 4.21. The molecule has 2 atom stereocenters. The molecule has 23 heavy (non-hydrogen) atoms. The highest BCUT2D eigenvalue weighted by Crippen LogP contribution is 2.47. The third kappa shape index (κ3) is 2.87. The van der Waals surface area contributed by atoms with E-state index in [1.54, 1.807) is 11.3 Å². The van der Waals surface area contributed by atoms with Crippen LogP contribution in [0, 0.1) is 17.3 Å². The molecule has 2 nitrogen and oxygen atoms in total. The molecule has 0 spiro atoms. The van der Waals surface area contributed by atoms with E-state index in [1.807, 2.05) is 47.2 Å². The van der Waals surface area contributed by atoms with Crippen LogP contribution in [0.15, 0.2) is 47.2 Å². The van der Waals surface area contributed by atoms with Crippen molar-refractivity contribution >= 4 is 22.9 Å². The van der Waals surface area contributed by atoms with Crippen molar-refractivity contribution in [1.29, 1.82) is 0 Å². The van der Waals surface area contributed by atoms with Gasteiger partial charge in [0.25, 0.3) is 0 Å². The fourth-order valence-corrected chi connectivity index (χ4v) is 4.06. The number of Topliss-reactive ketones (excluding diaryl/α,β-unsaturated/α-hetero) is 2. The topological polar surface area (TPSA) is 34.1 Å². The summed E-state index contributed by atoms with van der Waals surface area (Å²) in [5, 5.41) is 3.97. The van der Waals surface area contributed by atoms with Crippen LogP contribution in [0.4, 0.5) is 0 Å². The normalized spacial score (nSPS) is 21.5. The van der Waals surface area contributed by atoms with Crippen LogP contribution in [0.3, 0.4) is 0 Å². The molecule has 2 unspecified atom stereocenters. The Balaban J connectivity index is 2.08. The third-order valence-electron chi connectivity index (χ3n) is 4.60. The van der Waals surface area contributed by atoms with Gasteiger partial charge in [0.05, 0.1) is 5.92 Å². The van der Waals surface area contributed by atoms with Crippen LogP contribution in [0.1, 0.15) is 43.2 Å². The molecule has 0 amide bonds. The predicted molar refractivity (Wildman–Crippen MR) is 92.4 cm³/mol. The van der Waals surface area contributed by atoms with Gasteiger partial charge in [-0.05, 0) is 54.3 Å². The Morgan fingerprint density at radius 3 is 2.61 bits per heavy atom. The summed E-state index contributed by atoms with van der Waals surface area (Å²) in [6.45, 7) is 1.53. The minimum absolute atomic E-state index is 0.0450. The molecule has 0 N–H and O–H groups in total. The molecule has 1 aromatic heterocycles. The molecule has 0 radical (unpaired) electrons. The summed E-state index contributed by atoms with van der Waals surface area (Å²) in [6.07, 6.45) is 1.85. The van der Waals surface area contributed by atoms with Crippen molar-refractivity contribution in [1.82, 2.24) is 0 Å². The van der Waals surface area contributed by atoms with Crippen LogP contribution < -0.4 is 0 Å². The Labute approximate surface area is 140 Å². The van der Waals surface area contributed by atoms with Gasteiger partial charge < -0.3 is 0 Å². The summed E-state index contributed by atoms with van der Waals surface area (Å²) in [5.74, 6) is 6.04. The summed E-state index contributed by atoms with van der Waals surface area (Å²) in [5.41, 5.74) is 0.906. The van der Waals surface area contributed by atoms with Crippen LogP contribution in [0.5, 0.6) is 0 Å². The van der Waals surface area contributed by atoms with Crippen LogP contribution in [0.2, 0.25) is 0 Å². The minimum Gasteiger partial charge on any atom is -0.299 e. The van der Waals surface area contributed by atoms with Gasteiger partial charge in [0, 0.05) is 12.0 Å². The monoisotopic (exact) mass is 322 g/mol. The summed E-state index contributed by atoms with van der Waals surface area (Å²) in [6, 6.07) is 11.7. The van der Waals surface area contributed by atoms with Gasteiger partial charge in [-0.15, -0.1) is 0 Å². The SMILES string of the molecule is CC(=O)C1(C(C#Cc2ccccc2)c2ccsc2)CCCC1=O. The smallest absolute Gasteiger partial charge is 0.148 e.